The van der Waals surface area contributed by atoms with E-state index in [2.05, 4.69) is 4.98 Å². The zero-order chi connectivity index (χ0) is 23.0. The number of hydrogen-bond acceptors (Lipinski definition) is 6. The number of nitrogens with zero attached hydrogens (tertiary/aromatic N) is 2. The standard InChI is InChI=1S/C20H19F2N3O5S/c1-20(19(27)24-28,31(2,29)30)8-9-25-11-23-16-10-12(6-7-13(16)18(25)26)17-14(21)4-3-5-15(17)22/h3-7,10-11,28H,8-9H2,1-2H3,(H,24,27)/t20-/m1/s1. The Morgan fingerprint density at radius 1 is 1.23 bits per heavy atom. The molecule has 0 aliphatic carbocycles. The number of nitrogens with one attached hydrogen (secondary N) is 1. The summed E-state index contributed by atoms with van der Waals surface area (Å²) in [5.41, 5.74) is 0.978. The molecule has 0 saturated carbocycles. The molecule has 1 heterocycles. The highest BCUT2D eigenvalue weighted by molar-refractivity contribution is 7.92. The Labute approximate surface area is 176 Å². The van der Waals surface area contributed by atoms with Crippen LogP contribution >= 0.6 is 0 Å². The first kappa shape index (κ1) is 22.5. The maximum atomic E-state index is 14.1. The average molecular weight is 451 g/mol. The molecular formula is C20H19F2N3O5S. The molecule has 11 heteroatoms. The van der Waals surface area contributed by atoms with E-state index in [1.54, 1.807) is 0 Å². The maximum Gasteiger partial charge on any atom is 0.264 e. The number of carbonyl (C=O) groups is 1. The van der Waals surface area contributed by atoms with Crippen molar-refractivity contribution in [3.05, 3.63) is 64.7 Å². The van der Waals surface area contributed by atoms with Crippen LogP contribution < -0.4 is 11.0 Å². The number of rotatable bonds is 6. The Balaban J connectivity index is 1.99. The Kier molecular flexibility index (Phi) is 5.92. The van der Waals surface area contributed by atoms with E-state index in [1.807, 2.05) is 0 Å². The molecule has 0 spiro atoms. The third kappa shape index (κ3) is 4.06. The van der Waals surface area contributed by atoms with Crippen molar-refractivity contribution in [2.45, 2.75) is 24.6 Å². The van der Waals surface area contributed by atoms with Crippen LogP contribution in [0.25, 0.3) is 22.0 Å². The zero-order valence-corrected chi connectivity index (χ0v) is 17.4. The summed E-state index contributed by atoms with van der Waals surface area (Å²) in [4.78, 5) is 28.8. The van der Waals surface area contributed by atoms with Gasteiger partial charge in [-0.1, -0.05) is 12.1 Å². The molecule has 0 fully saturated rings. The molecule has 0 aliphatic heterocycles. The minimum atomic E-state index is -3.92. The van der Waals surface area contributed by atoms with Gasteiger partial charge in [0.25, 0.3) is 11.5 Å². The Morgan fingerprint density at radius 2 is 1.87 bits per heavy atom. The Hall–Kier alpha value is -3.18. The lowest BCUT2D eigenvalue weighted by Gasteiger charge is -2.25. The third-order valence-corrected chi connectivity index (χ3v) is 7.33. The van der Waals surface area contributed by atoms with E-state index in [0.29, 0.717) is 0 Å². The van der Waals surface area contributed by atoms with Crippen LogP contribution in [0, 0.1) is 11.6 Å². The van der Waals surface area contributed by atoms with Gasteiger partial charge in [-0.2, -0.15) is 0 Å². The van der Waals surface area contributed by atoms with E-state index < -0.39 is 37.7 Å². The summed E-state index contributed by atoms with van der Waals surface area (Å²) in [6.07, 6.45) is 1.71. The first-order chi connectivity index (χ1) is 14.5. The van der Waals surface area contributed by atoms with Crippen molar-refractivity contribution < 1.29 is 27.2 Å². The number of hydrogen-bond donors (Lipinski definition) is 2. The lowest BCUT2D eigenvalue weighted by atomic mass is 10.0. The number of aromatic nitrogens is 2. The minimum absolute atomic E-state index is 0.149. The fourth-order valence-corrected chi connectivity index (χ4v) is 4.01. The number of fused-ring (bicyclic) bond motifs is 1. The molecule has 0 radical (unpaired) electrons. The first-order valence-electron chi connectivity index (χ1n) is 9.07. The van der Waals surface area contributed by atoms with Gasteiger partial charge in [0.15, 0.2) is 14.6 Å². The number of sulfone groups is 1. The molecule has 1 amide bonds. The molecule has 2 aromatic carbocycles. The van der Waals surface area contributed by atoms with Gasteiger partial charge in [0.1, 0.15) is 11.6 Å². The molecule has 1 aromatic heterocycles. The molecule has 1 atom stereocenters. The third-order valence-electron chi connectivity index (χ3n) is 5.31. The lowest BCUT2D eigenvalue weighted by molar-refractivity contribution is -0.131. The molecule has 31 heavy (non-hydrogen) atoms. The highest BCUT2D eigenvalue weighted by Gasteiger charge is 2.43. The molecule has 164 valence electrons. The van der Waals surface area contributed by atoms with E-state index in [1.165, 1.54) is 29.7 Å². The van der Waals surface area contributed by atoms with E-state index in [0.717, 1.165) is 36.2 Å². The summed E-state index contributed by atoms with van der Waals surface area (Å²) in [7, 11) is -3.92. The lowest BCUT2D eigenvalue weighted by Crippen LogP contribution is -2.50. The van der Waals surface area contributed by atoms with Crippen molar-refractivity contribution in [3.8, 4) is 11.1 Å². The Morgan fingerprint density at radius 3 is 2.45 bits per heavy atom. The van der Waals surface area contributed by atoms with Crippen LogP contribution in [0.5, 0.6) is 0 Å². The van der Waals surface area contributed by atoms with Crippen molar-refractivity contribution in [3.63, 3.8) is 0 Å². The molecule has 3 rings (SSSR count). The number of benzene rings is 2. The quantitative estimate of drug-likeness (QED) is 0.437. The highest BCUT2D eigenvalue weighted by atomic mass is 32.2. The highest BCUT2D eigenvalue weighted by Crippen LogP contribution is 2.28. The van der Waals surface area contributed by atoms with Gasteiger partial charge in [0.2, 0.25) is 0 Å². The van der Waals surface area contributed by atoms with Gasteiger partial charge in [-0.25, -0.2) is 27.7 Å². The molecule has 0 aliphatic rings. The van der Waals surface area contributed by atoms with Gasteiger partial charge < -0.3 is 0 Å². The smallest absolute Gasteiger partial charge is 0.264 e. The predicted molar refractivity (Wildman–Crippen MR) is 109 cm³/mol. The van der Waals surface area contributed by atoms with Crippen molar-refractivity contribution in [1.82, 2.24) is 15.0 Å². The molecule has 0 saturated heterocycles. The van der Waals surface area contributed by atoms with Crippen molar-refractivity contribution in [2.24, 2.45) is 0 Å². The monoisotopic (exact) mass is 451 g/mol. The summed E-state index contributed by atoms with van der Waals surface area (Å²) in [5, 5.41) is 9.04. The summed E-state index contributed by atoms with van der Waals surface area (Å²) >= 11 is 0. The maximum absolute atomic E-state index is 14.1. The van der Waals surface area contributed by atoms with Crippen molar-refractivity contribution >= 4 is 26.6 Å². The fourth-order valence-electron chi connectivity index (χ4n) is 3.17. The van der Waals surface area contributed by atoms with Crippen LogP contribution in [0.4, 0.5) is 8.78 Å². The minimum Gasteiger partial charge on any atom is -0.299 e. The number of halogens is 2. The predicted octanol–water partition coefficient (Wildman–Crippen LogP) is 2.04. The topological polar surface area (TPSA) is 118 Å². The van der Waals surface area contributed by atoms with Crippen LogP contribution in [0.15, 0.2) is 47.5 Å². The van der Waals surface area contributed by atoms with Gasteiger partial charge in [0, 0.05) is 12.8 Å². The fraction of sp³-hybridized carbons (Fsp3) is 0.250. The molecular weight excluding hydrogens is 432 g/mol. The average Bonchev–Trinajstić information content (AvgIpc) is 2.71. The molecule has 0 unspecified atom stereocenters. The van der Waals surface area contributed by atoms with Gasteiger partial charge in [-0.3, -0.25) is 19.4 Å². The second-order valence-corrected chi connectivity index (χ2v) is 9.71. The van der Waals surface area contributed by atoms with Crippen LogP contribution in [-0.4, -0.2) is 40.1 Å². The van der Waals surface area contributed by atoms with E-state index in [-0.39, 0.29) is 35.0 Å². The number of amides is 1. The molecule has 3 aromatic rings. The summed E-state index contributed by atoms with van der Waals surface area (Å²) in [5.74, 6) is -2.63. The van der Waals surface area contributed by atoms with Gasteiger partial charge in [-0.15, -0.1) is 0 Å². The first-order valence-corrected chi connectivity index (χ1v) is 11.0. The zero-order valence-electron chi connectivity index (χ0n) is 16.6. The van der Waals surface area contributed by atoms with Gasteiger partial charge in [0.05, 0.1) is 22.8 Å². The second kappa shape index (κ2) is 8.16. The Bertz CT molecular complexity index is 1320. The summed E-state index contributed by atoms with van der Waals surface area (Å²) in [6.45, 7) is 0.963. The van der Waals surface area contributed by atoms with E-state index >= 15 is 0 Å². The van der Waals surface area contributed by atoms with Crippen molar-refractivity contribution in [1.29, 1.82) is 0 Å². The summed E-state index contributed by atoms with van der Waals surface area (Å²) in [6, 6.07) is 7.62. The van der Waals surface area contributed by atoms with E-state index in [4.69, 9.17) is 5.21 Å². The molecule has 8 nitrogen and oxygen atoms in total. The SMILES string of the molecule is C[C@@](CCn1cnc2cc(-c3c(F)cccc3F)ccc2c1=O)(C(=O)NO)S(C)(=O)=O. The van der Waals surface area contributed by atoms with Crippen molar-refractivity contribution in [2.75, 3.05) is 6.26 Å². The number of aryl methyl sites for hydroxylation is 1. The van der Waals surface area contributed by atoms with Gasteiger partial charge in [-0.05, 0) is 43.2 Å². The normalized spacial score (nSPS) is 13.7. The van der Waals surface area contributed by atoms with Crippen LogP contribution in [-0.2, 0) is 21.2 Å². The summed E-state index contributed by atoms with van der Waals surface area (Å²) < 4.78 is 51.4. The molecule has 2 N–H and O–H groups in total. The molecule has 0 bridgehead atoms. The van der Waals surface area contributed by atoms with E-state index in [9.17, 15) is 26.8 Å². The number of hydroxylamine groups is 1. The number of carbonyl (C=O) groups excluding carboxylic acids is 1. The largest absolute Gasteiger partial charge is 0.299 e. The van der Waals surface area contributed by atoms with Crippen LogP contribution in [0.2, 0.25) is 0 Å². The van der Waals surface area contributed by atoms with Crippen LogP contribution in [0.1, 0.15) is 13.3 Å². The second-order valence-electron chi connectivity index (χ2n) is 7.27. The van der Waals surface area contributed by atoms with Crippen LogP contribution in [0.3, 0.4) is 0 Å². The van der Waals surface area contributed by atoms with Gasteiger partial charge >= 0.3 is 0 Å².